The van der Waals surface area contributed by atoms with Crippen LogP contribution in [0.5, 0.6) is 0 Å². The van der Waals surface area contributed by atoms with Crippen LogP contribution in [0.1, 0.15) is 45.8 Å². The van der Waals surface area contributed by atoms with Crippen molar-refractivity contribution in [2.45, 2.75) is 39.6 Å². The number of nitrogens with zero attached hydrogens (tertiary/aromatic N) is 3. The second-order valence-corrected chi connectivity index (χ2v) is 7.00. The van der Waals surface area contributed by atoms with E-state index in [1.165, 1.54) is 13.1 Å². The van der Waals surface area contributed by atoms with Crippen LogP contribution >= 0.6 is 27.3 Å². The van der Waals surface area contributed by atoms with E-state index in [1.807, 2.05) is 13.8 Å². The summed E-state index contributed by atoms with van der Waals surface area (Å²) >= 11 is 4.09. The summed E-state index contributed by atoms with van der Waals surface area (Å²) in [6.45, 7) is 4.73. The Labute approximate surface area is 142 Å². The molecule has 0 fully saturated rings. The van der Waals surface area contributed by atoms with E-state index in [0.717, 1.165) is 11.3 Å². The molecule has 0 aromatic carbocycles. The van der Waals surface area contributed by atoms with Gasteiger partial charge in [-0.3, -0.25) is 4.68 Å². The van der Waals surface area contributed by atoms with Crippen molar-refractivity contribution in [3.8, 4) is 0 Å². The normalized spacial score (nSPS) is 12.0. The average molecular weight is 412 g/mol. The van der Waals surface area contributed by atoms with Crippen LogP contribution in [-0.4, -0.2) is 20.7 Å². The van der Waals surface area contributed by atoms with Gasteiger partial charge in [-0.15, -0.1) is 11.3 Å². The third kappa shape index (κ3) is 3.92. The third-order valence-electron chi connectivity index (χ3n) is 2.85. The van der Waals surface area contributed by atoms with E-state index < -0.39 is 24.4 Å². The fourth-order valence-electron chi connectivity index (χ4n) is 1.84. The number of esters is 1. The molecule has 5 nitrogen and oxygen atoms in total. The Morgan fingerprint density at radius 1 is 1.48 bits per heavy atom. The SMILES string of the molecule is Cc1nc(C(F)(F)F)c(COC(=O)c2cnn(C(C)C)c2Br)s1. The predicted octanol–water partition coefficient (Wildman–Crippen LogP) is 4.37. The van der Waals surface area contributed by atoms with Gasteiger partial charge in [0.15, 0.2) is 5.69 Å². The van der Waals surface area contributed by atoms with Crippen LogP contribution in [0.15, 0.2) is 10.8 Å². The maximum Gasteiger partial charge on any atom is 0.434 e. The Bertz CT molecular complexity index is 725. The van der Waals surface area contributed by atoms with E-state index in [4.69, 9.17) is 4.74 Å². The minimum Gasteiger partial charge on any atom is -0.456 e. The topological polar surface area (TPSA) is 57.0 Å². The molecule has 0 N–H and O–H groups in total. The first-order valence-electron chi connectivity index (χ1n) is 6.55. The minimum atomic E-state index is -4.57. The third-order valence-corrected chi connectivity index (χ3v) is 4.59. The number of hydrogen-bond acceptors (Lipinski definition) is 5. The number of aryl methyl sites for hydroxylation is 1. The van der Waals surface area contributed by atoms with E-state index in [1.54, 1.807) is 4.68 Å². The molecule has 0 aliphatic carbocycles. The Balaban J connectivity index is 2.14. The molecule has 2 aromatic heterocycles. The number of rotatable bonds is 4. The van der Waals surface area contributed by atoms with Gasteiger partial charge in [0.1, 0.15) is 16.8 Å². The summed E-state index contributed by atoms with van der Waals surface area (Å²) in [5.41, 5.74) is -0.849. The fourth-order valence-corrected chi connectivity index (χ4v) is 3.48. The van der Waals surface area contributed by atoms with Crippen molar-refractivity contribution in [3.63, 3.8) is 0 Å². The van der Waals surface area contributed by atoms with Crippen molar-refractivity contribution in [2.75, 3.05) is 0 Å². The van der Waals surface area contributed by atoms with Crippen LogP contribution < -0.4 is 0 Å². The van der Waals surface area contributed by atoms with Crippen molar-refractivity contribution < 1.29 is 22.7 Å². The second-order valence-electron chi connectivity index (χ2n) is 4.97. The van der Waals surface area contributed by atoms with Crippen molar-refractivity contribution >= 4 is 33.2 Å². The lowest BCUT2D eigenvalue weighted by molar-refractivity contribution is -0.141. The van der Waals surface area contributed by atoms with Crippen molar-refractivity contribution in [2.24, 2.45) is 0 Å². The van der Waals surface area contributed by atoms with Gasteiger partial charge in [0.2, 0.25) is 0 Å². The maximum absolute atomic E-state index is 12.8. The molecule has 10 heteroatoms. The molecular formula is C13H13BrF3N3O2S. The van der Waals surface area contributed by atoms with Crippen molar-refractivity contribution in [3.05, 3.63) is 31.9 Å². The molecule has 0 saturated heterocycles. The molecule has 2 rings (SSSR count). The lowest BCUT2D eigenvalue weighted by Gasteiger charge is -2.08. The van der Waals surface area contributed by atoms with Crippen molar-refractivity contribution in [1.82, 2.24) is 14.8 Å². The van der Waals surface area contributed by atoms with E-state index in [2.05, 4.69) is 26.0 Å². The number of halogens is 4. The van der Waals surface area contributed by atoms with Gasteiger partial charge < -0.3 is 4.74 Å². The number of carbonyl (C=O) groups excluding carboxylic acids is 1. The van der Waals surface area contributed by atoms with Gasteiger partial charge in [0.05, 0.1) is 16.1 Å². The van der Waals surface area contributed by atoms with Gasteiger partial charge in [0, 0.05) is 6.04 Å². The summed E-state index contributed by atoms with van der Waals surface area (Å²) in [5, 5.41) is 4.29. The van der Waals surface area contributed by atoms with Crippen LogP contribution in [-0.2, 0) is 17.5 Å². The van der Waals surface area contributed by atoms with Crippen LogP contribution in [0.2, 0.25) is 0 Å². The zero-order chi connectivity index (χ0) is 17.4. The smallest absolute Gasteiger partial charge is 0.434 e. The van der Waals surface area contributed by atoms with Gasteiger partial charge in [-0.2, -0.15) is 18.3 Å². The zero-order valence-electron chi connectivity index (χ0n) is 12.4. The molecular weight excluding hydrogens is 399 g/mol. The first kappa shape index (κ1) is 17.9. The first-order chi connectivity index (χ1) is 10.6. The summed E-state index contributed by atoms with van der Waals surface area (Å²) < 4.78 is 45.5. The highest BCUT2D eigenvalue weighted by molar-refractivity contribution is 9.10. The van der Waals surface area contributed by atoms with Gasteiger partial charge in [-0.05, 0) is 36.7 Å². The average Bonchev–Trinajstić information content (AvgIpc) is 2.98. The number of alkyl halides is 3. The molecule has 0 aliphatic heterocycles. The van der Waals surface area contributed by atoms with E-state index in [-0.39, 0.29) is 21.5 Å². The quantitative estimate of drug-likeness (QED) is 0.700. The molecule has 23 heavy (non-hydrogen) atoms. The number of thiazole rings is 1. The van der Waals surface area contributed by atoms with Crippen LogP contribution in [0.25, 0.3) is 0 Å². The fraction of sp³-hybridized carbons (Fsp3) is 0.462. The molecule has 0 bridgehead atoms. The maximum atomic E-state index is 12.8. The Kier molecular flexibility index (Phi) is 5.14. The number of ether oxygens (including phenoxy) is 1. The number of hydrogen-bond donors (Lipinski definition) is 0. The van der Waals surface area contributed by atoms with Crippen molar-refractivity contribution in [1.29, 1.82) is 0 Å². The Morgan fingerprint density at radius 3 is 2.65 bits per heavy atom. The minimum absolute atomic E-state index is 0.0203. The zero-order valence-corrected chi connectivity index (χ0v) is 14.8. The van der Waals surface area contributed by atoms with Crippen LogP contribution in [0.4, 0.5) is 13.2 Å². The first-order valence-corrected chi connectivity index (χ1v) is 8.15. The van der Waals surface area contributed by atoms with Gasteiger partial charge in [-0.25, -0.2) is 9.78 Å². The lowest BCUT2D eigenvalue weighted by atomic mass is 10.3. The highest BCUT2D eigenvalue weighted by atomic mass is 79.9. The molecule has 0 atom stereocenters. The molecule has 0 aliphatic rings. The van der Waals surface area contributed by atoms with E-state index in [0.29, 0.717) is 4.60 Å². The monoisotopic (exact) mass is 411 g/mol. The molecule has 0 amide bonds. The highest BCUT2D eigenvalue weighted by Gasteiger charge is 2.37. The van der Waals surface area contributed by atoms with E-state index >= 15 is 0 Å². The van der Waals surface area contributed by atoms with Crippen LogP contribution in [0, 0.1) is 6.92 Å². The Hall–Kier alpha value is -1.42. The number of aromatic nitrogens is 3. The summed E-state index contributed by atoms with van der Waals surface area (Å²) in [5.74, 6) is -0.747. The van der Waals surface area contributed by atoms with Gasteiger partial charge >= 0.3 is 12.1 Å². The largest absolute Gasteiger partial charge is 0.456 e. The van der Waals surface area contributed by atoms with Gasteiger partial charge in [0.25, 0.3) is 0 Å². The summed E-state index contributed by atoms with van der Waals surface area (Å²) in [4.78, 5) is 15.4. The predicted molar refractivity (Wildman–Crippen MR) is 81.3 cm³/mol. The lowest BCUT2D eigenvalue weighted by Crippen LogP contribution is -2.11. The highest BCUT2D eigenvalue weighted by Crippen LogP contribution is 2.34. The molecule has 126 valence electrons. The summed E-state index contributed by atoms with van der Waals surface area (Å²) in [6.07, 6.45) is -3.26. The molecule has 0 saturated carbocycles. The molecule has 2 aromatic rings. The summed E-state index contributed by atoms with van der Waals surface area (Å²) in [6, 6.07) is 0.0203. The van der Waals surface area contributed by atoms with Gasteiger partial charge in [-0.1, -0.05) is 0 Å². The molecule has 0 radical (unpaired) electrons. The molecule has 0 unspecified atom stereocenters. The molecule has 2 heterocycles. The number of carbonyl (C=O) groups is 1. The Morgan fingerprint density at radius 2 is 2.13 bits per heavy atom. The second kappa shape index (κ2) is 6.60. The standard InChI is InChI=1S/C13H13BrF3N3O2S/c1-6(2)20-11(14)8(4-18-20)12(21)22-5-9-10(13(15,16)17)19-7(3)23-9/h4,6H,5H2,1-3H3. The molecule has 0 spiro atoms. The van der Waals surface area contributed by atoms with E-state index in [9.17, 15) is 18.0 Å². The summed E-state index contributed by atoms with van der Waals surface area (Å²) in [7, 11) is 0. The van der Waals surface area contributed by atoms with Crippen LogP contribution in [0.3, 0.4) is 0 Å².